The van der Waals surface area contributed by atoms with Gasteiger partial charge in [0.05, 0.1) is 26.7 Å². The molecule has 1 aromatic carbocycles. The maximum absolute atomic E-state index is 5.46. The zero-order chi connectivity index (χ0) is 19.7. The molecule has 2 aromatic heterocycles. The van der Waals surface area contributed by atoms with E-state index in [1.165, 1.54) is 22.2 Å². The minimum atomic E-state index is 0.596. The second-order valence-corrected chi connectivity index (χ2v) is 8.22. The van der Waals surface area contributed by atoms with Crippen molar-refractivity contribution >= 4 is 27.4 Å². The van der Waals surface area contributed by atoms with Gasteiger partial charge in [0.25, 0.3) is 0 Å². The average molecular weight is 400 g/mol. The third kappa shape index (κ3) is 3.35. The number of fused-ring (bicyclic) bond motifs is 3. The first-order valence-corrected chi connectivity index (χ1v) is 10.2. The van der Waals surface area contributed by atoms with E-state index in [1.54, 1.807) is 27.7 Å². The molecule has 6 nitrogen and oxygen atoms in total. The Balaban J connectivity index is 1.65. The Labute approximate surface area is 168 Å². The standard InChI is InChI=1S/C21H25N3O3S/c1-12-5-6-14-17(7-12)28-21-18(14)20(23-11-24-21)22-10-13-8-15(25-2)19(27-4)16(9-13)26-3/h8-9,11-12H,5-7,10H2,1-4H3,(H,22,23,24)/t12-/m1/s1. The molecular formula is C21H25N3O3S. The minimum absolute atomic E-state index is 0.596. The lowest BCUT2D eigenvalue weighted by molar-refractivity contribution is 0.324. The van der Waals surface area contributed by atoms with E-state index in [2.05, 4.69) is 22.2 Å². The SMILES string of the molecule is COc1cc(CNc2ncnc3sc4c(c23)CC[C@@H](C)C4)cc(OC)c1OC. The predicted octanol–water partition coefficient (Wildman–Crippen LogP) is 4.45. The highest BCUT2D eigenvalue weighted by Crippen LogP contribution is 2.41. The number of rotatable bonds is 6. The number of ether oxygens (including phenoxy) is 3. The molecule has 1 aliphatic rings. The second-order valence-electron chi connectivity index (χ2n) is 7.14. The Morgan fingerprint density at radius 1 is 1.11 bits per heavy atom. The topological polar surface area (TPSA) is 65.5 Å². The van der Waals surface area contributed by atoms with Gasteiger partial charge in [-0.2, -0.15) is 0 Å². The molecule has 0 spiro atoms. The zero-order valence-electron chi connectivity index (χ0n) is 16.7. The average Bonchev–Trinajstić information content (AvgIpc) is 3.09. The summed E-state index contributed by atoms with van der Waals surface area (Å²) in [6.07, 6.45) is 5.11. The van der Waals surface area contributed by atoms with Crippen LogP contribution in [0.4, 0.5) is 5.82 Å². The van der Waals surface area contributed by atoms with Crippen LogP contribution >= 0.6 is 11.3 Å². The van der Waals surface area contributed by atoms with Gasteiger partial charge in [0.1, 0.15) is 17.0 Å². The first kappa shape index (κ1) is 18.8. The first-order chi connectivity index (χ1) is 13.6. The van der Waals surface area contributed by atoms with Crippen molar-refractivity contribution in [3.63, 3.8) is 0 Å². The Morgan fingerprint density at radius 2 is 1.86 bits per heavy atom. The molecule has 7 heteroatoms. The molecule has 0 saturated heterocycles. The van der Waals surface area contributed by atoms with E-state index >= 15 is 0 Å². The monoisotopic (exact) mass is 399 g/mol. The highest BCUT2D eigenvalue weighted by molar-refractivity contribution is 7.19. The number of nitrogens with one attached hydrogen (secondary N) is 1. The van der Waals surface area contributed by atoms with Crippen LogP contribution in [0.2, 0.25) is 0 Å². The van der Waals surface area contributed by atoms with Gasteiger partial charge in [0, 0.05) is 11.4 Å². The van der Waals surface area contributed by atoms with Crippen LogP contribution < -0.4 is 19.5 Å². The summed E-state index contributed by atoms with van der Waals surface area (Å²) in [7, 11) is 4.86. The van der Waals surface area contributed by atoms with Gasteiger partial charge in [0.2, 0.25) is 5.75 Å². The van der Waals surface area contributed by atoms with Gasteiger partial charge in [-0.25, -0.2) is 9.97 Å². The molecule has 0 radical (unpaired) electrons. The molecule has 0 unspecified atom stereocenters. The summed E-state index contributed by atoms with van der Waals surface area (Å²) < 4.78 is 16.3. The first-order valence-electron chi connectivity index (χ1n) is 9.42. The fourth-order valence-corrected chi connectivity index (χ4v) is 5.18. The maximum Gasteiger partial charge on any atom is 0.203 e. The third-order valence-corrected chi connectivity index (χ3v) is 6.44. The Bertz CT molecular complexity index is 977. The molecule has 1 atom stereocenters. The molecule has 0 aliphatic heterocycles. The fraction of sp³-hybridized carbons (Fsp3) is 0.429. The van der Waals surface area contributed by atoms with Crippen molar-refractivity contribution in [1.82, 2.24) is 9.97 Å². The van der Waals surface area contributed by atoms with Gasteiger partial charge >= 0.3 is 0 Å². The van der Waals surface area contributed by atoms with E-state index in [9.17, 15) is 0 Å². The summed E-state index contributed by atoms with van der Waals surface area (Å²) in [6.45, 7) is 2.92. The van der Waals surface area contributed by atoms with Gasteiger partial charge in [-0.05, 0) is 48.4 Å². The van der Waals surface area contributed by atoms with Crippen LogP contribution in [-0.4, -0.2) is 31.3 Å². The highest BCUT2D eigenvalue weighted by atomic mass is 32.1. The Kier molecular flexibility index (Phi) is 5.26. The molecule has 2 heterocycles. The van der Waals surface area contributed by atoms with Crippen molar-refractivity contribution in [3.05, 3.63) is 34.5 Å². The summed E-state index contributed by atoms with van der Waals surface area (Å²) in [6, 6.07) is 3.91. The lowest BCUT2D eigenvalue weighted by atomic mass is 9.89. The van der Waals surface area contributed by atoms with Crippen LogP contribution in [-0.2, 0) is 19.4 Å². The van der Waals surface area contributed by atoms with Crippen molar-refractivity contribution in [2.24, 2.45) is 5.92 Å². The van der Waals surface area contributed by atoms with Gasteiger partial charge in [0.15, 0.2) is 11.5 Å². The molecule has 0 fully saturated rings. The van der Waals surface area contributed by atoms with E-state index in [0.29, 0.717) is 23.8 Å². The molecule has 1 aliphatic carbocycles. The molecule has 0 saturated carbocycles. The molecule has 4 rings (SSSR count). The van der Waals surface area contributed by atoms with Crippen LogP contribution in [0, 0.1) is 5.92 Å². The van der Waals surface area contributed by atoms with E-state index in [-0.39, 0.29) is 0 Å². The van der Waals surface area contributed by atoms with Crippen LogP contribution in [0.3, 0.4) is 0 Å². The van der Waals surface area contributed by atoms with Crippen molar-refractivity contribution in [2.75, 3.05) is 26.6 Å². The van der Waals surface area contributed by atoms with Crippen LogP contribution in [0.15, 0.2) is 18.5 Å². The summed E-state index contributed by atoms with van der Waals surface area (Å²) >= 11 is 1.81. The second kappa shape index (κ2) is 7.83. The van der Waals surface area contributed by atoms with Crippen molar-refractivity contribution in [1.29, 1.82) is 0 Å². The van der Waals surface area contributed by atoms with Gasteiger partial charge in [-0.15, -0.1) is 11.3 Å². The molecule has 28 heavy (non-hydrogen) atoms. The summed E-state index contributed by atoms with van der Waals surface area (Å²) in [5, 5.41) is 4.68. The van der Waals surface area contributed by atoms with Crippen LogP contribution in [0.5, 0.6) is 17.2 Å². The maximum atomic E-state index is 5.46. The smallest absolute Gasteiger partial charge is 0.203 e. The summed E-state index contributed by atoms with van der Waals surface area (Å²) in [5.41, 5.74) is 2.45. The number of aryl methyl sites for hydroxylation is 1. The molecule has 148 valence electrons. The van der Waals surface area contributed by atoms with E-state index in [1.807, 2.05) is 23.5 Å². The summed E-state index contributed by atoms with van der Waals surface area (Å²) in [4.78, 5) is 11.6. The van der Waals surface area contributed by atoms with E-state index in [0.717, 1.165) is 35.0 Å². The third-order valence-electron chi connectivity index (χ3n) is 5.28. The summed E-state index contributed by atoms with van der Waals surface area (Å²) in [5.74, 6) is 3.52. The molecule has 3 aromatic rings. The Morgan fingerprint density at radius 3 is 2.54 bits per heavy atom. The minimum Gasteiger partial charge on any atom is -0.493 e. The number of hydrogen-bond donors (Lipinski definition) is 1. The normalized spacial score (nSPS) is 15.9. The number of methoxy groups -OCH3 is 3. The molecule has 0 bridgehead atoms. The lowest BCUT2D eigenvalue weighted by Crippen LogP contribution is -2.09. The number of benzene rings is 1. The number of hydrogen-bond acceptors (Lipinski definition) is 7. The predicted molar refractivity (Wildman–Crippen MR) is 112 cm³/mol. The fourth-order valence-electron chi connectivity index (χ4n) is 3.83. The molecule has 1 N–H and O–H groups in total. The van der Waals surface area contributed by atoms with Crippen molar-refractivity contribution in [3.8, 4) is 17.2 Å². The number of aromatic nitrogens is 2. The number of thiophene rings is 1. The largest absolute Gasteiger partial charge is 0.493 e. The molecule has 0 amide bonds. The van der Waals surface area contributed by atoms with Gasteiger partial charge in [-0.1, -0.05) is 6.92 Å². The van der Waals surface area contributed by atoms with E-state index in [4.69, 9.17) is 14.2 Å². The van der Waals surface area contributed by atoms with E-state index < -0.39 is 0 Å². The number of anilines is 1. The lowest BCUT2D eigenvalue weighted by Gasteiger charge is -2.18. The zero-order valence-corrected chi connectivity index (χ0v) is 17.5. The van der Waals surface area contributed by atoms with Crippen LogP contribution in [0.25, 0.3) is 10.2 Å². The van der Waals surface area contributed by atoms with Crippen molar-refractivity contribution < 1.29 is 14.2 Å². The van der Waals surface area contributed by atoms with Crippen molar-refractivity contribution in [2.45, 2.75) is 32.7 Å². The van der Waals surface area contributed by atoms with Gasteiger partial charge in [-0.3, -0.25) is 0 Å². The highest BCUT2D eigenvalue weighted by Gasteiger charge is 2.23. The van der Waals surface area contributed by atoms with Gasteiger partial charge < -0.3 is 19.5 Å². The molecular weight excluding hydrogens is 374 g/mol. The quantitative estimate of drug-likeness (QED) is 0.660. The van der Waals surface area contributed by atoms with Crippen LogP contribution in [0.1, 0.15) is 29.3 Å². The number of nitrogens with zero attached hydrogens (tertiary/aromatic N) is 2. The Hall–Kier alpha value is -2.54.